The number of para-hydroxylation sites is 1. The Bertz CT molecular complexity index is 636. The molecule has 0 saturated carbocycles. The zero-order valence-electron chi connectivity index (χ0n) is 10.7. The lowest BCUT2D eigenvalue weighted by molar-refractivity contribution is 0.173. The number of rotatable bonds is 4. The number of methoxy groups -OCH3 is 1. The Labute approximate surface area is 120 Å². The van der Waals surface area contributed by atoms with Gasteiger partial charge in [0.1, 0.15) is 5.02 Å². The van der Waals surface area contributed by atoms with Gasteiger partial charge in [-0.05, 0) is 6.07 Å². The van der Waals surface area contributed by atoms with E-state index in [1.807, 2.05) is 18.2 Å². The first kappa shape index (κ1) is 12.8. The van der Waals surface area contributed by atoms with E-state index in [1.165, 1.54) is 13.3 Å². The molecule has 2 heterocycles. The first-order valence-corrected chi connectivity index (χ1v) is 6.33. The number of hydrogen-bond donors (Lipinski definition) is 1. The highest BCUT2D eigenvalue weighted by atomic mass is 35.5. The number of benzene rings is 1. The highest BCUT2D eigenvalue weighted by Gasteiger charge is 2.17. The molecule has 0 radical (unpaired) electrons. The van der Waals surface area contributed by atoms with Crippen LogP contribution in [0.3, 0.4) is 0 Å². The highest BCUT2D eigenvalue weighted by molar-refractivity contribution is 6.32. The molecule has 2 aromatic rings. The molecule has 1 aliphatic heterocycles. The van der Waals surface area contributed by atoms with Crippen LogP contribution in [-0.4, -0.2) is 23.9 Å². The smallest absolute Gasteiger partial charge is 0.318 e. The Morgan fingerprint density at radius 2 is 2.30 bits per heavy atom. The van der Waals surface area contributed by atoms with Crippen molar-refractivity contribution in [2.75, 3.05) is 19.2 Å². The molecule has 6 nitrogen and oxygen atoms in total. The zero-order chi connectivity index (χ0) is 13.9. The third kappa shape index (κ3) is 2.42. The van der Waals surface area contributed by atoms with Crippen molar-refractivity contribution < 1.29 is 14.2 Å². The zero-order valence-corrected chi connectivity index (χ0v) is 11.5. The molecule has 0 saturated heterocycles. The maximum absolute atomic E-state index is 6.04. The van der Waals surface area contributed by atoms with Crippen LogP contribution in [-0.2, 0) is 6.54 Å². The van der Waals surface area contributed by atoms with Gasteiger partial charge in [-0.15, -0.1) is 0 Å². The van der Waals surface area contributed by atoms with Crippen LogP contribution in [0, 0.1) is 0 Å². The molecule has 0 amide bonds. The summed E-state index contributed by atoms with van der Waals surface area (Å²) in [7, 11) is 1.50. The average Bonchev–Trinajstić information content (AvgIpc) is 2.95. The molecule has 1 aliphatic rings. The fourth-order valence-corrected chi connectivity index (χ4v) is 2.04. The Kier molecular flexibility index (Phi) is 3.47. The summed E-state index contributed by atoms with van der Waals surface area (Å²) < 4.78 is 15.7. The maximum Gasteiger partial charge on any atom is 0.318 e. The Morgan fingerprint density at radius 1 is 1.40 bits per heavy atom. The van der Waals surface area contributed by atoms with Crippen LogP contribution in [0.2, 0.25) is 5.02 Å². The SMILES string of the molecule is COc1ncc(Cl)c(NCc2cccc3c2OCO3)n1. The summed E-state index contributed by atoms with van der Waals surface area (Å²) in [5.41, 5.74) is 0.966. The van der Waals surface area contributed by atoms with Crippen LogP contribution < -0.4 is 19.5 Å². The maximum atomic E-state index is 6.04. The molecule has 1 N–H and O–H groups in total. The number of ether oxygens (including phenoxy) is 3. The van der Waals surface area contributed by atoms with Crippen molar-refractivity contribution in [3.63, 3.8) is 0 Å². The van der Waals surface area contributed by atoms with Gasteiger partial charge in [-0.3, -0.25) is 0 Å². The van der Waals surface area contributed by atoms with Crippen molar-refractivity contribution in [3.05, 3.63) is 35.0 Å². The van der Waals surface area contributed by atoms with Crippen LogP contribution >= 0.6 is 11.6 Å². The number of nitrogens with one attached hydrogen (secondary N) is 1. The largest absolute Gasteiger partial charge is 0.467 e. The van der Waals surface area contributed by atoms with E-state index in [-0.39, 0.29) is 12.8 Å². The van der Waals surface area contributed by atoms with Gasteiger partial charge < -0.3 is 19.5 Å². The minimum atomic E-state index is 0.244. The van der Waals surface area contributed by atoms with Gasteiger partial charge in [-0.2, -0.15) is 4.98 Å². The molecule has 1 aromatic carbocycles. The molecular weight excluding hydrogens is 282 g/mol. The first-order chi connectivity index (χ1) is 9.78. The van der Waals surface area contributed by atoms with Crippen LogP contribution in [0.4, 0.5) is 5.82 Å². The predicted molar refractivity (Wildman–Crippen MR) is 73.5 cm³/mol. The topological polar surface area (TPSA) is 65.5 Å². The third-order valence-electron chi connectivity index (χ3n) is 2.83. The lowest BCUT2D eigenvalue weighted by Crippen LogP contribution is -2.05. The van der Waals surface area contributed by atoms with E-state index in [0.29, 0.717) is 17.4 Å². The number of halogens is 1. The van der Waals surface area contributed by atoms with E-state index >= 15 is 0 Å². The highest BCUT2D eigenvalue weighted by Crippen LogP contribution is 2.35. The molecule has 104 valence electrons. The van der Waals surface area contributed by atoms with E-state index in [9.17, 15) is 0 Å². The molecule has 3 rings (SSSR count). The van der Waals surface area contributed by atoms with E-state index in [1.54, 1.807) is 0 Å². The summed E-state index contributed by atoms with van der Waals surface area (Å²) >= 11 is 6.04. The number of anilines is 1. The fourth-order valence-electron chi connectivity index (χ4n) is 1.88. The van der Waals surface area contributed by atoms with Gasteiger partial charge in [0.15, 0.2) is 17.3 Å². The van der Waals surface area contributed by atoms with Crippen molar-refractivity contribution >= 4 is 17.4 Å². The minimum Gasteiger partial charge on any atom is -0.467 e. The molecule has 20 heavy (non-hydrogen) atoms. The summed E-state index contributed by atoms with van der Waals surface area (Å²) in [6.07, 6.45) is 1.49. The normalized spacial score (nSPS) is 12.3. The van der Waals surface area contributed by atoms with Crippen LogP contribution in [0.1, 0.15) is 5.56 Å². The monoisotopic (exact) mass is 293 g/mol. The van der Waals surface area contributed by atoms with Crippen molar-refractivity contribution in [2.45, 2.75) is 6.54 Å². The van der Waals surface area contributed by atoms with Gasteiger partial charge in [-0.1, -0.05) is 23.7 Å². The summed E-state index contributed by atoms with van der Waals surface area (Å²) in [4.78, 5) is 8.07. The molecule has 0 atom stereocenters. The molecule has 0 bridgehead atoms. The fraction of sp³-hybridized carbons (Fsp3) is 0.231. The van der Waals surface area contributed by atoms with Crippen molar-refractivity contribution in [1.29, 1.82) is 0 Å². The van der Waals surface area contributed by atoms with Gasteiger partial charge in [-0.25, -0.2) is 4.98 Å². The Morgan fingerprint density at radius 3 is 3.15 bits per heavy atom. The summed E-state index contributed by atoms with van der Waals surface area (Å²) in [6, 6.07) is 5.99. The quantitative estimate of drug-likeness (QED) is 0.934. The molecule has 0 aliphatic carbocycles. The van der Waals surface area contributed by atoms with Gasteiger partial charge >= 0.3 is 6.01 Å². The second-order valence-electron chi connectivity index (χ2n) is 4.06. The van der Waals surface area contributed by atoms with Crippen molar-refractivity contribution in [2.24, 2.45) is 0 Å². The lowest BCUT2D eigenvalue weighted by Gasteiger charge is -2.10. The summed E-state index contributed by atoms with van der Waals surface area (Å²) in [5.74, 6) is 2.00. The van der Waals surface area contributed by atoms with Gasteiger partial charge in [0.05, 0.1) is 13.3 Å². The third-order valence-corrected chi connectivity index (χ3v) is 3.11. The van der Waals surface area contributed by atoms with Crippen LogP contribution in [0.15, 0.2) is 24.4 Å². The van der Waals surface area contributed by atoms with Crippen LogP contribution in [0.25, 0.3) is 0 Å². The Balaban J connectivity index is 1.79. The van der Waals surface area contributed by atoms with Gasteiger partial charge in [0.2, 0.25) is 6.79 Å². The standard InChI is InChI=1S/C13H12ClN3O3/c1-18-13-16-6-9(14)12(17-13)15-5-8-3-2-4-10-11(8)20-7-19-10/h2-4,6H,5,7H2,1H3,(H,15,16,17). The first-order valence-electron chi connectivity index (χ1n) is 5.96. The molecule has 1 aromatic heterocycles. The van der Waals surface area contributed by atoms with E-state index in [2.05, 4.69) is 15.3 Å². The van der Waals surface area contributed by atoms with E-state index in [0.717, 1.165) is 17.1 Å². The number of aromatic nitrogens is 2. The number of hydrogen-bond acceptors (Lipinski definition) is 6. The molecule has 0 spiro atoms. The number of fused-ring (bicyclic) bond motifs is 1. The molecular formula is C13H12ClN3O3. The van der Waals surface area contributed by atoms with E-state index < -0.39 is 0 Å². The van der Waals surface area contributed by atoms with Gasteiger partial charge in [0, 0.05) is 12.1 Å². The lowest BCUT2D eigenvalue weighted by atomic mass is 10.2. The predicted octanol–water partition coefficient (Wildman–Crippen LogP) is 2.48. The number of nitrogens with zero attached hydrogens (tertiary/aromatic N) is 2. The van der Waals surface area contributed by atoms with Crippen molar-refractivity contribution in [1.82, 2.24) is 9.97 Å². The minimum absolute atomic E-state index is 0.244. The summed E-state index contributed by atoms with van der Waals surface area (Å²) in [6.45, 7) is 0.751. The van der Waals surface area contributed by atoms with Crippen LogP contribution in [0.5, 0.6) is 17.5 Å². The second-order valence-corrected chi connectivity index (χ2v) is 4.46. The average molecular weight is 294 g/mol. The van der Waals surface area contributed by atoms with Gasteiger partial charge in [0.25, 0.3) is 0 Å². The van der Waals surface area contributed by atoms with Crippen molar-refractivity contribution in [3.8, 4) is 17.5 Å². The molecule has 0 fully saturated rings. The van der Waals surface area contributed by atoms with E-state index in [4.69, 9.17) is 25.8 Å². The Hall–Kier alpha value is -2.21. The molecule has 0 unspecified atom stereocenters. The molecule has 7 heteroatoms. The summed E-state index contributed by atoms with van der Waals surface area (Å²) in [5, 5.41) is 3.56. The second kappa shape index (κ2) is 5.42.